The molecule has 1 N–H and O–H groups in total. The Morgan fingerprint density at radius 1 is 1.30 bits per heavy atom. The van der Waals surface area contributed by atoms with Gasteiger partial charge in [-0.3, -0.25) is 14.5 Å². The first-order valence-electron chi connectivity index (χ1n) is 8.31. The number of aromatic nitrogens is 1. The van der Waals surface area contributed by atoms with Gasteiger partial charge in [0, 0.05) is 5.02 Å². The van der Waals surface area contributed by atoms with Crippen molar-refractivity contribution in [3.8, 4) is 5.75 Å². The van der Waals surface area contributed by atoms with Gasteiger partial charge in [-0.25, -0.2) is 4.98 Å². The number of carbonyl (C=O) groups excluding carboxylic acids is 2. The van der Waals surface area contributed by atoms with Crippen LogP contribution in [0, 0.1) is 13.8 Å². The third kappa shape index (κ3) is 3.36. The molecule has 8 heteroatoms. The van der Waals surface area contributed by atoms with Gasteiger partial charge in [-0.2, -0.15) is 0 Å². The number of fused-ring (bicyclic) bond motifs is 2. The summed E-state index contributed by atoms with van der Waals surface area (Å²) in [5, 5.41) is 3.78. The molecule has 2 aromatic carbocycles. The number of benzene rings is 2. The Morgan fingerprint density at radius 2 is 2.07 bits per heavy atom. The number of halogens is 1. The Labute approximate surface area is 164 Å². The Morgan fingerprint density at radius 3 is 2.85 bits per heavy atom. The summed E-state index contributed by atoms with van der Waals surface area (Å²) in [5.74, 6) is -0.0977. The van der Waals surface area contributed by atoms with E-state index < -0.39 is 0 Å². The summed E-state index contributed by atoms with van der Waals surface area (Å²) in [6.45, 7) is 3.75. The molecule has 27 heavy (non-hydrogen) atoms. The zero-order valence-corrected chi connectivity index (χ0v) is 16.3. The first-order valence-corrected chi connectivity index (χ1v) is 9.51. The van der Waals surface area contributed by atoms with Crippen molar-refractivity contribution >= 4 is 55.8 Å². The lowest BCUT2D eigenvalue weighted by Crippen LogP contribution is -2.43. The van der Waals surface area contributed by atoms with Gasteiger partial charge in [-0.1, -0.05) is 35.1 Å². The molecule has 1 aliphatic heterocycles. The van der Waals surface area contributed by atoms with E-state index in [1.807, 2.05) is 26.0 Å². The van der Waals surface area contributed by atoms with E-state index >= 15 is 0 Å². The van der Waals surface area contributed by atoms with Crippen molar-refractivity contribution in [3.63, 3.8) is 0 Å². The van der Waals surface area contributed by atoms with Crippen LogP contribution in [0.1, 0.15) is 11.1 Å². The molecule has 0 aliphatic carbocycles. The summed E-state index contributed by atoms with van der Waals surface area (Å²) in [6, 6.07) is 9.03. The third-order valence-electron chi connectivity index (χ3n) is 4.35. The number of hydrogen-bond acceptors (Lipinski definition) is 5. The fourth-order valence-corrected chi connectivity index (χ4v) is 4.16. The molecule has 0 saturated carbocycles. The average molecular weight is 402 g/mol. The fraction of sp³-hybridized carbons (Fsp3) is 0.211. The molecule has 138 valence electrons. The highest BCUT2D eigenvalue weighted by Crippen LogP contribution is 2.35. The summed E-state index contributed by atoms with van der Waals surface area (Å²) in [7, 11) is 0. The molecule has 2 amide bonds. The Kier molecular flexibility index (Phi) is 4.49. The molecule has 2 heterocycles. The molecule has 0 radical (unpaired) electrons. The van der Waals surface area contributed by atoms with Crippen LogP contribution in [-0.4, -0.2) is 29.9 Å². The molecule has 0 atom stereocenters. The number of nitrogens with zero attached hydrogens (tertiary/aromatic N) is 2. The molecule has 0 spiro atoms. The van der Waals surface area contributed by atoms with Crippen LogP contribution in [0.3, 0.4) is 0 Å². The third-order valence-corrected chi connectivity index (χ3v) is 5.70. The monoisotopic (exact) mass is 401 g/mol. The lowest BCUT2D eigenvalue weighted by atomic mass is 10.1. The molecule has 0 saturated heterocycles. The van der Waals surface area contributed by atoms with Gasteiger partial charge < -0.3 is 10.1 Å². The minimum atomic E-state index is -0.328. The summed E-state index contributed by atoms with van der Waals surface area (Å²) < 4.78 is 6.44. The molecule has 0 fully saturated rings. The van der Waals surface area contributed by atoms with Gasteiger partial charge in [0.1, 0.15) is 12.3 Å². The van der Waals surface area contributed by atoms with Crippen molar-refractivity contribution in [3.05, 3.63) is 46.5 Å². The second kappa shape index (κ2) is 6.83. The van der Waals surface area contributed by atoms with Crippen LogP contribution in [0.4, 0.5) is 10.8 Å². The number of rotatable bonds is 3. The van der Waals surface area contributed by atoms with Crippen LogP contribution >= 0.6 is 22.9 Å². The zero-order chi connectivity index (χ0) is 19.1. The van der Waals surface area contributed by atoms with Crippen LogP contribution in [0.5, 0.6) is 5.75 Å². The van der Waals surface area contributed by atoms with Gasteiger partial charge in [0.25, 0.3) is 5.91 Å². The van der Waals surface area contributed by atoms with E-state index in [2.05, 4.69) is 10.3 Å². The van der Waals surface area contributed by atoms with E-state index in [-0.39, 0.29) is 25.0 Å². The molecular formula is C19H16ClN3O3S. The van der Waals surface area contributed by atoms with Crippen molar-refractivity contribution in [2.24, 2.45) is 0 Å². The van der Waals surface area contributed by atoms with E-state index in [1.54, 1.807) is 18.2 Å². The van der Waals surface area contributed by atoms with E-state index in [1.165, 1.54) is 16.2 Å². The van der Waals surface area contributed by atoms with Crippen molar-refractivity contribution in [2.45, 2.75) is 13.8 Å². The maximum Gasteiger partial charge on any atom is 0.265 e. The molecule has 0 bridgehead atoms. The number of ether oxygens (including phenoxy) is 1. The molecule has 3 aromatic rings. The average Bonchev–Trinajstić information content (AvgIpc) is 3.06. The first-order chi connectivity index (χ1) is 12.9. The second-order valence-electron chi connectivity index (χ2n) is 6.32. The number of carbonyl (C=O) groups is 2. The molecule has 1 aromatic heterocycles. The second-order valence-corrected chi connectivity index (χ2v) is 7.76. The van der Waals surface area contributed by atoms with Gasteiger partial charge in [0.15, 0.2) is 11.7 Å². The molecular weight excluding hydrogens is 386 g/mol. The standard InChI is InChI=1S/C19H16ClN3O3S/c1-10-3-4-11(2)18-17(10)22-19(27-18)21-15(24)8-23-13-7-12(20)5-6-14(13)26-9-16(23)25/h3-7H,8-9H2,1-2H3,(H,21,22,24). The van der Waals surface area contributed by atoms with Crippen molar-refractivity contribution in [1.82, 2.24) is 4.98 Å². The predicted octanol–water partition coefficient (Wildman–Crippen LogP) is 3.93. The van der Waals surface area contributed by atoms with Crippen LogP contribution < -0.4 is 15.0 Å². The quantitative estimate of drug-likeness (QED) is 0.721. The van der Waals surface area contributed by atoms with E-state index in [4.69, 9.17) is 16.3 Å². The van der Waals surface area contributed by atoms with Crippen LogP contribution in [-0.2, 0) is 9.59 Å². The fourth-order valence-electron chi connectivity index (χ4n) is 2.96. The lowest BCUT2D eigenvalue weighted by molar-refractivity contribution is -0.123. The number of amides is 2. The lowest BCUT2D eigenvalue weighted by Gasteiger charge is -2.28. The largest absolute Gasteiger partial charge is 0.482 e. The Balaban J connectivity index is 1.57. The Hall–Kier alpha value is -2.64. The number of aryl methyl sites for hydroxylation is 2. The van der Waals surface area contributed by atoms with E-state index in [0.717, 1.165) is 21.3 Å². The highest BCUT2D eigenvalue weighted by atomic mass is 35.5. The normalized spacial score (nSPS) is 13.4. The topological polar surface area (TPSA) is 71.5 Å². The number of nitrogens with one attached hydrogen (secondary N) is 1. The van der Waals surface area contributed by atoms with E-state index in [9.17, 15) is 9.59 Å². The highest BCUT2D eigenvalue weighted by Gasteiger charge is 2.28. The predicted molar refractivity (Wildman–Crippen MR) is 107 cm³/mol. The number of hydrogen-bond donors (Lipinski definition) is 1. The van der Waals surface area contributed by atoms with E-state index in [0.29, 0.717) is 21.6 Å². The molecule has 4 rings (SSSR count). The summed E-state index contributed by atoms with van der Waals surface area (Å²) in [4.78, 5) is 30.7. The minimum absolute atomic E-state index is 0.110. The van der Waals surface area contributed by atoms with Gasteiger partial charge in [0.2, 0.25) is 5.91 Å². The first kappa shape index (κ1) is 17.8. The SMILES string of the molecule is Cc1ccc(C)c2sc(NC(=O)CN3C(=O)COc4ccc(Cl)cc43)nc12. The van der Waals surface area contributed by atoms with Gasteiger partial charge in [0.05, 0.1) is 15.9 Å². The van der Waals surface area contributed by atoms with Crippen LogP contribution in [0.2, 0.25) is 5.02 Å². The molecule has 1 aliphatic rings. The molecule has 6 nitrogen and oxygen atoms in total. The van der Waals surface area contributed by atoms with Gasteiger partial charge in [-0.05, 0) is 43.2 Å². The number of anilines is 2. The van der Waals surface area contributed by atoms with Gasteiger partial charge >= 0.3 is 0 Å². The van der Waals surface area contributed by atoms with Crippen LogP contribution in [0.15, 0.2) is 30.3 Å². The number of thiazole rings is 1. The van der Waals surface area contributed by atoms with Crippen LogP contribution in [0.25, 0.3) is 10.2 Å². The Bertz CT molecular complexity index is 1040. The summed E-state index contributed by atoms with van der Waals surface area (Å²) in [6.07, 6.45) is 0. The highest BCUT2D eigenvalue weighted by molar-refractivity contribution is 7.22. The maximum atomic E-state index is 12.6. The minimum Gasteiger partial charge on any atom is -0.482 e. The maximum absolute atomic E-state index is 12.6. The summed E-state index contributed by atoms with van der Waals surface area (Å²) in [5.41, 5.74) is 3.54. The summed E-state index contributed by atoms with van der Waals surface area (Å²) >= 11 is 7.45. The smallest absolute Gasteiger partial charge is 0.265 e. The van der Waals surface area contributed by atoms with Crippen molar-refractivity contribution < 1.29 is 14.3 Å². The molecule has 0 unspecified atom stereocenters. The van der Waals surface area contributed by atoms with Crippen molar-refractivity contribution in [2.75, 3.05) is 23.4 Å². The zero-order valence-electron chi connectivity index (χ0n) is 14.7. The van der Waals surface area contributed by atoms with Crippen molar-refractivity contribution in [1.29, 1.82) is 0 Å². The van der Waals surface area contributed by atoms with Gasteiger partial charge in [-0.15, -0.1) is 0 Å².